The Hall–Kier alpha value is -3.61. The maximum absolute atomic E-state index is 12.2. The van der Waals surface area contributed by atoms with Crippen LogP contribution < -0.4 is 0 Å². The number of carbonyl (C=O) groups is 1. The molecular weight excluding hydrogens is 478 g/mol. The number of nitrogens with zero attached hydrogens (tertiary/aromatic N) is 3. The van der Waals surface area contributed by atoms with Crippen LogP contribution in [-0.2, 0) is 9.53 Å². The van der Waals surface area contributed by atoms with E-state index < -0.39 is 0 Å². The van der Waals surface area contributed by atoms with Crippen molar-refractivity contribution in [2.24, 2.45) is 0 Å². The quantitative estimate of drug-likeness (QED) is 0.136. The Morgan fingerprint density at radius 1 is 0.943 bits per heavy atom. The lowest BCUT2D eigenvalue weighted by molar-refractivity contribution is -0.139. The molecule has 3 aromatic carbocycles. The average Bonchev–Trinajstić information content (AvgIpc) is 3.24. The van der Waals surface area contributed by atoms with Crippen LogP contribution in [0.15, 0.2) is 96.3 Å². The number of thioether (sulfide) groups is 1. The molecule has 174 valence electrons. The van der Waals surface area contributed by atoms with Gasteiger partial charge in [0.15, 0.2) is 0 Å². The lowest BCUT2D eigenvalue weighted by Crippen LogP contribution is -2.06. The predicted octanol–water partition coefficient (Wildman–Crippen LogP) is 7.06. The van der Waals surface area contributed by atoms with Gasteiger partial charge in [0.05, 0.1) is 23.4 Å². The van der Waals surface area contributed by atoms with E-state index in [4.69, 9.17) is 21.3 Å². The standard InChI is InChI=1S/C28H22ClN3O2S/c1-2-34-23(33)17-35-28-25-24(19-10-5-3-6-11-19)26(20-12-7-4-8-13-20)32(27(25)30-18-31-28)22-15-9-14-21(29)16-22/h3-16,18H,2,17H2,1H3. The molecule has 0 spiro atoms. The summed E-state index contributed by atoms with van der Waals surface area (Å²) in [5, 5.41) is 2.24. The number of benzene rings is 3. The number of fused-ring (bicyclic) bond motifs is 1. The molecule has 0 aliphatic carbocycles. The largest absolute Gasteiger partial charge is 0.465 e. The van der Waals surface area contributed by atoms with E-state index in [9.17, 15) is 4.79 Å². The number of aromatic nitrogens is 3. The summed E-state index contributed by atoms with van der Waals surface area (Å²) in [6, 6.07) is 28.1. The number of hydrogen-bond donors (Lipinski definition) is 0. The van der Waals surface area contributed by atoms with E-state index >= 15 is 0 Å². The number of rotatable bonds is 7. The van der Waals surface area contributed by atoms with Crippen molar-refractivity contribution in [3.8, 4) is 28.1 Å². The summed E-state index contributed by atoms with van der Waals surface area (Å²) >= 11 is 7.77. The van der Waals surface area contributed by atoms with Crippen LogP contribution in [0.5, 0.6) is 0 Å². The first kappa shape index (κ1) is 23.1. The molecule has 2 aromatic heterocycles. The van der Waals surface area contributed by atoms with Crippen molar-refractivity contribution in [3.63, 3.8) is 0 Å². The zero-order chi connectivity index (χ0) is 24.2. The monoisotopic (exact) mass is 499 g/mol. The average molecular weight is 500 g/mol. The topological polar surface area (TPSA) is 57.0 Å². The summed E-state index contributed by atoms with van der Waals surface area (Å²) in [7, 11) is 0. The molecule has 0 saturated carbocycles. The fourth-order valence-corrected chi connectivity index (χ4v) is 5.13. The van der Waals surface area contributed by atoms with E-state index in [-0.39, 0.29) is 11.7 Å². The van der Waals surface area contributed by atoms with Crippen LogP contribution in [0.3, 0.4) is 0 Å². The molecule has 0 N–H and O–H groups in total. The fourth-order valence-electron chi connectivity index (χ4n) is 4.15. The normalized spacial score (nSPS) is 11.0. The Balaban J connectivity index is 1.86. The first-order chi connectivity index (χ1) is 17.2. The molecule has 0 aliphatic rings. The predicted molar refractivity (Wildman–Crippen MR) is 142 cm³/mol. The summed E-state index contributed by atoms with van der Waals surface area (Å²) in [5.41, 5.74) is 5.68. The molecule has 0 bridgehead atoms. The SMILES string of the molecule is CCOC(=O)CSc1ncnc2c1c(-c1ccccc1)c(-c1ccccc1)n2-c1cccc(Cl)c1. The van der Waals surface area contributed by atoms with E-state index in [1.54, 1.807) is 13.3 Å². The van der Waals surface area contributed by atoms with Gasteiger partial charge in [-0.3, -0.25) is 9.36 Å². The molecule has 35 heavy (non-hydrogen) atoms. The Kier molecular flexibility index (Phi) is 6.84. The van der Waals surface area contributed by atoms with Gasteiger partial charge in [0, 0.05) is 16.3 Å². The number of esters is 1. The molecule has 0 atom stereocenters. The third kappa shape index (κ3) is 4.67. The van der Waals surface area contributed by atoms with Gasteiger partial charge < -0.3 is 4.74 Å². The maximum atomic E-state index is 12.2. The molecule has 0 unspecified atom stereocenters. The van der Waals surface area contributed by atoms with Crippen molar-refractivity contribution < 1.29 is 9.53 Å². The summed E-state index contributed by atoms with van der Waals surface area (Å²) < 4.78 is 7.27. The van der Waals surface area contributed by atoms with Crippen LogP contribution in [-0.4, -0.2) is 32.9 Å². The van der Waals surface area contributed by atoms with Crippen LogP contribution >= 0.6 is 23.4 Å². The van der Waals surface area contributed by atoms with Crippen molar-refractivity contribution in [2.75, 3.05) is 12.4 Å². The summed E-state index contributed by atoms with van der Waals surface area (Å²) in [6.45, 7) is 2.15. The first-order valence-corrected chi connectivity index (χ1v) is 12.6. The van der Waals surface area contributed by atoms with Crippen molar-refractivity contribution in [1.29, 1.82) is 0 Å². The molecule has 5 nitrogen and oxygen atoms in total. The zero-order valence-electron chi connectivity index (χ0n) is 19.0. The molecule has 0 amide bonds. The van der Waals surface area contributed by atoms with Crippen LogP contribution in [0, 0.1) is 0 Å². The van der Waals surface area contributed by atoms with Crippen molar-refractivity contribution >= 4 is 40.4 Å². The first-order valence-electron chi connectivity index (χ1n) is 11.2. The van der Waals surface area contributed by atoms with E-state index in [0.29, 0.717) is 11.6 Å². The van der Waals surface area contributed by atoms with E-state index in [1.165, 1.54) is 11.8 Å². The van der Waals surface area contributed by atoms with Crippen molar-refractivity contribution in [2.45, 2.75) is 11.9 Å². The lowest BCUT2D eigenvalue weighted by atomic mass is 9.99. The molecule has 0 fully saturated rings. The lowest BCUT2D eigenvalue weighted by Gasteiger charge is -2.13. The van der Waals surface area contributed by atoms with Gasteiger partial charge in [-0.2, -0.15) is 0 Å². The third-order valence-corrected chi connectivity index (χ3v) is 6.72. The molecule has 7 heteroatoms. The minimum Gasteiger partial charge on any atom is -0.465 e. The molecule has 5 aromatic rings. The number of ether oxygens (including phenoxy) is 1. The van der Waals surface area contributed by atoms with Gasteiger partial charge in [0.2, 0.25) is 0 Å². The second-order valence-electron chi connectivity index (χ2n) is 7.74. The Morgan fingerprint density at radius 3 is 2.34 bits per heavy atom. The highest BCUT2D eigenvalue weighted by atomic mass is 35.5. The van der Waals surface area contributed by atoms with Gasteiger partial charge in [0.1, 0.15) is 17.0 Å². The Bertz CT molecular complexity index is 1490. The smallest absolute Gasteiger partial charge is 0.316 e. The van der Waals surface area contributed by atoms with Gasteiger partial charge in [-0.1, -0.05) is 90.1 Å². The Labute approximate surface area is 212 Å². The third-order valence-electron chi connectivity index (χ3n) is 5.52. The van der Waals surface area contributed by atoms with E-state index in [2.05, 4.69) is 33.8 Å². The highest BCUT2D eigenvalue weighted by molar-refractivity contribution is 8.00. The van der Waals surface area contributed by atoms with Crippen LogP contribution in [0.2, 0.25) is 5.02 Å². The molecule has 0 aliphatic heterocycles. The second-order valence-corrected chi connectivity index (χ2v) is 9.14. The Morgan fingerprint density at radius 2 is 1.66 bits per heavy atom. The highest BCUT2D eigenvalue weighted by Gasteiger charge is 2.25. The van der Waals surface area contributed by atoms with Gasteiger partial charge in [-0.15, -0.1) is 0 Å². The minimum absolute atomic E-state index is 0.164. The molecule has 0 saturated heterocycles. The van der Waals surface area contributed by atoms with Crippen molar-refractivity contribution in [1.82, 2.24) is 14.5 Å². The summed E-state index contributed by atoms with van der Waals surface area (Å²) in [5.74, 6) is -0.111. The van der Waals surface area contributed by atoms with Gasteiger partial charge in [-0.05, 0) is 36.2 Å². The van der Waals surface area contributed by atoms with Gasteiger partial charge in [-0.25, -0.2) is 9.97 Å². The van der Waals surface area contributed by atoms with Crippen LogP contribution in [0.25, 0.3) is 39.1 Å². The van der Waals surface area contributed by atoms with E-state index in [1.807, 2.05) is 60.7 Å². The number of carbonyl (C=O) groups excluding carboxylic acids is 1. The zero-order valence-corrected chi connectivity index (χ0v) is 20.6. The number of halogens is 1. The minimum atomic E-state index is -0.275. The second kappa shape index (κ2) is 10.3. The fraction of sp³-hybridized carbons (Fsp3) is 0.107. The summed E-state index contributed by atoms with van der Waals surface area (Å²) in [4.78, 5) is 21.5. The highest BCUT2D eigenvalue weighted by Crippen LogP contribution is 2.44. The van der Waals surface area contributed by atoms with Gasteiger partial charge >= 0.3 is 5.97 Å². The summed E-state index contributed by atoms with van der Waals surface area (Å²) in [6.07, 6.45) is 1.54. The van der Waals surface area contributed by atoms with E-state index in [0.717, 1.165) is 44.1 Å². The molecule has 2 heterocycles. The molecule has 5 rings (SSSR count). The molecular formula is C28H22ClN3O2S. The van der Waals surface area contributed by atoms with Crippen molar-refractivity contribution in [3.05, 3.63) is 96.3 Å². The van der Waals surface area contributed by atoms with Crippen LogP contribution in [0.4, 0.5) is 0 Å². The molecule has 0 radical (unpaired) electrons. The number of hydrogen-bond acceptors (Lipinski definition) is 5. The van der Waals surface area contributed by atoms with Crippen LogP contribution in [0.1, 0.15) is 6.92 Å². The van der Waals surface area contributed by atoms with Gasteiger partial charge in [0.25, 0.3) is 0 Å². The maximum Gasteiger partial charge on any atom is 0.316 e.